The molecule has 0 saturated carbocycles. The molecule has 4 nitrogen and oxygen atoms in total. The molecule has 1 amide bonds. The van der Waals surface area contributed by atoms with Crippen LogP contribution in [0, 0.1) is 0 Å². The molecule has 0 radical (unpaired) electrons. The Hall–Kier alpha value is -0.260. The van der Waals surface area contributed by atoms with Crippen molar-refractivity contribution < 1.29 is 9.53 Å². The van der Waals surface area contributed by atoms with Crippen LogP contribution in [0.3, 0.4) is 0 Å². The standard InChI is InChI=1S/C13H15Cl5N2O2/c1-3-22-9-6-4-8(5-7-9)19-10(13(16,17)18)20-11(21)12(2,14)15/h4-7,10,19H,3H2,1-2H3,(H,20,21)/t10-/m1/s1. The van der Waals surface area contributed by atoms with Crippen LogP contribution >= 0.6 is 58.0 Å². The number of rotatable bonds is 6. The van der Waals surface area contributed by atoms with Gasteiger partial charge in [0.15, 0.2) is 4.33 Å². The summed E-state index contributed by atoms with van der Waals surface area (Å²) in [6.07, 6.45) is -1.03. The third kappa shape index (κ3) is 6.47. The van der Waals surface area contributed by atoms with Crippen molar-refractivity contribution in [2.45, 2.75) is 28.1 Å². The van der Waals surface area contributed by atoms with Crippen molar-refractivity contribution in [1.29, 1.82) is 0 Å². The van der Waals surface area contributed by atoms with Gasteiger partial charge in [-0.15, -0.1) is 0 Å². The maximum atomic E-state index is 11.8. The highest BCUT2D eigenvalue weighted by Crippen LogP contribution is 2.32. The molecule has 124 valence electrons. The Kier molecular flexibility index (Phi) is 7.21. The Morgan fingerprint density at radius 3 is 2.14 bits per heavy atom. The average Bonchev–Trinajstić information content (AvgIpc) is 2.38. The van der Waals surface area contributed by atoms with E-state index in [1.807, 2.05) is 6.92 Å². The number of halogens is 5. The van der Waals surface area contributed by atoms with Crippen LogP contribution in [0.1, 0.15) is 13.8 Å². The van der Waals surface area contributed by atoms with Crippen LogP contribution in [0.25, 0.3) is 0 Å². The molecule has 1 aromatic rings. The minimum atomic E-state index is -1.81. The summed E-state index contributed by atoms with van der Waals surface area (Å²) >= 11 is 29.0. The van der Waals surface area contributed by atoms with E-state index in [0.717, 1.165) is 0 Å². The number of benzene rings is 1. The number of amides is 1. The summed E-state index contributed by atoms with van der Waals surface area (Å²) in [7, 11) is 0. The van der Waals surface area contributed by atoms with E-state index < -0.39 is 20.2 Å². The average molecular weight is 409 g/mol. The van der Waals surface area contributed by atoms with Crippen molar-refractivity contribution in [2.75, 3.05) is 11.9 Å². The number of carbonyl (C=O) groups is 1. The summed E-state index contributed by atoms with van der Waals surface area (Å²) in [5.41, 5.74) is 0.617. The second kappa shape index (κ2) is 8.02. The predicted octanol–water partition coefficient (Wildman–Crippen LogP) is 4.50. The van der Waals surface area contributed by atoms with E-state index in [1.54, 1.807) is 24.3 Å². The predicted molar refractivity (Wildman–Crippen MR) is 93.6 cm³/mol. The summed E-state index contributed by atoms with van der Waals surface area (Å²) in [5, 5.41) is 5.33. The Morgan fingerprint density at radius 1 is 1.18 bits per heavy atom. The molecule has 0 unspecified atom stereocenters. The minimum absolute atomic E-state index is 0.559. The number of carbonyl (C=O) groups excluding carboxylic acids is 1. The van der Waals surface area contributed by atoms with Gasteiger partial charge in [0.2, 0.25) is 3.79 Å². The second-order valence-corrected chi connectivity index (χ2v) is 8.51. The lowest BCUT2D eigenvalue weighted by Gasteiger charge is -2.29. The lowest BCUT2D eigenvalue weighted by Crippen LogP contribution is -2.52. The lowest BCUT2D eigenvalue weighted by atomic mass is 10.3. The maximum Gasteiger partial charge on any atom is 0.257 e. The SMILES string of the molecule is CCOc1ccc(N[C@H](NC(=O)C(C)(Cl)Cl)C(Cl)(Cl)Cl)cc1. The van der Waals surface area contributed by atoms with E-state index >= 15 is 0 Å². The first kappa shape index (κ1) is 19.8. The van der Waals surface area contributed by atoms with Crippen molar-refractivity contribution in [3.63, 3.8) is 0 Å². The van der Waals surface area contributed by atoms with Gasteiger partial charge >= 0.3 is 0 Å². The quantitative estimate of drug-likeness (QED) is 0.538. The maximum absolute atomic E-state index is 11.8. The molecule has 0 aromatic heterocycles. The van der Waals surface area contributed by atoms with E-state index in [1.165, 1.54) is 6.92 Å². The van der Waals surface area contributed by atoms with Crippen molar-refractivity contribution in [3.05, 3.63) is 24.3 Å². The van der Waals surface area contributed by atoms with Gasteiger partial charge in [-0.3, -0.25) is 4.79 Å². The number of nitrogens with one attached hydrogen (secondary N) is 2. The van der Waals surface area contributed by atoms with E-state index in [4.69, 9.17) is 62.7 Å². The van der Waals surface area contributed by atoms with Crippen molar-refractivity contribution in [3.8, 4) is 5.75 Å². The molecule has 1 atom stereocenters. The normalized spacial score (nSPS) is 13.4. The highest BCUT2D eigenvalue weighted by Gasteiger charge is 2.38. The minimum Gasteiger partial charge on any atom is -0.494 e. The number of hydrogen-bond acceptors (Lipinski definition) is 3. The van der Waals surface area contributed by atoms with Gasteiger partial charge in [0.05, 0.1) is 6.61 Å². The number of alkyl halides is 5. The molecule has 0 heterocycles. The molecule has 0 aliphatic heterocycles. The Bertz CT molecular complexity index is 497. The third-order valence-electron chi connectivity index (χ3n) is 2.48. The molecule has 0 spiro atoms. The van der Waals surface area contributed by atoms with Gasteiger partial charge in [-0.05, 0) is 38.1 Å². The van der Waals surface area contributed by atoms with Crippen molar-refractivity contribution >= 4 is 69.6 Å². The van der Waals surface area contributed by atoms with Gasteiger partial charge in [0.1, 0.15) is 11.9 Å². The first-order chi connectivity index (χ1) is 10.0. The summed E-state index contributed by atoms with van der Waals surface area (Å²) in [4.78, 5) is 11.8. The van der Waals surface area contributed by atoms with Crippen LogP contribution in [0.5, 0.6) is 5.75 Å². The fraction of sp³-hybridized carbons (Fsp3) is 0.462. The lowest BCUT2D eigenvalue weighted by molar-refractivity contribution is -0.121. The molecule has 1 aromatic carbocycles. The monoisotopic (exact) mass is 406 g/mol. The molecular formula is C13H15Cl5N2O2. The fourth-order valence-corrected chi connectivity index (χ4v) is 1.87. The summed E-state index contributed by atoms with van der Waals surface area (Å²) in [6.45, 7) is 3.76. The number of ether oxygens (including phenoxy) is 1. The molecule has 0 aliphatic rings. The van der Waals surface area contributed by atoms with E-state index in [-0.39, 0.29) is 0 Å². The van der Waals surface area contributed by atoms with Crippen LogP contribution in [0.2, 0.25) is 0 Å². The molecule has 0 fully saturated rings. The Labute approximate surface area is 154 Å². The zero-order chi connectivity index (χ0) is 17.0. The summed E-state index contributed by atoms with van der Waals surface area (Å²) in [5.74, 6) is 0.0159. The van der Waals surface area contributed by atoms with Crippen molar-refractivity contribution in [2.24, 2.45) is 0 Å². The van der Waals surface area contributed by atoms with Crippen LogP contribution in [0.4, 0.5) is 5.69 Å². The Balaban J connectivity index is 2.84. The Morgan fingerprint density at radius 2 is 1.73 bits per heavy atom. The number of anilines is 1. The molecule has 22 heavy (non-hydrogen) atoms. The second-order valence-electron chi connectivity index (χ2n) is 4.44. The smallest absolute Gasteiger partial charge is 0.257 e. The molecular weight excluding hydrogens is 393 g/mol. The van der Waals surface area contributed by atoms with Crippen LogP contribution in [-0.2, 0) is 4.79 Å². The fourth-order valence-electron chi connectivity index (χ4n) is 1.44. The molecule has 1 rings (SSSR count). The largest absolute Gasteiger partial charge is 0.494 e. The molecule has 9 heteroatoms. The molecule has 2 N–H and O–H groups in total. The van der Waals surface area contributed by atoms with Gasteiger partial charge in [-0.2, -0.15) is 0 Å². The number of hydrogen-bond donors (Lipinski definition) is 2. The van der Waals surface area contributed by atoms with Gasteiger partial charge < -0.3 is 15.4 Å². The zero-order valence-electron chi connectivity index (χ0n) is 11.8. The van der Waals surface area contributed by atoms with Crippen LogP contribution < -0.4 is 15.4 Å². The first-order valence-corrected chi connectivity index (χ1v) is 8.18. The first-order valence-electron chi connectivity index (χ1n) is 6.29. The van der Waals surface area contributed by atoms with E-state index in [0.29, 0.717) is 18.0 Å². The third-order valence-corrected chi connectivity index (χ3v) is 3.48. The molecule has 0 aliphatic carbocycles. The zero-order valence-corrected chi connectivity index (χ0v) is 15.6. The van der Waals surface area contributed by atoms with Crippen molar-refractivity contribution in [1.82, 2.24) is 5.32 Å². The topological polar surface area (TPSA) is 50.4 Å². The summed E-state index contributed by atoms with van der Waals surface area (Å²) < 4.78 is 1.88. The van der Waals surface area contributed by atoms with E-state index in [2.05, 4.69) is 10.6 Å². The summed E-state index contributed by atoms with van der Waals surface area (Å²) in [6, 6.07) is 6.94. The van der Waals surface area contributed by atoms with Gasteiger partial charge in [-0.25, -0.2) is 0 Å². The highest BCUT2D eigenvalue weighted by molar-refractivity contribution is 6.68. The molecule has 0 saturated heterocycles. The van der Waals surface area contributed by atoms with Gasteiger partial charge in [0, 0.05) is 5.69 Å². The van der Waals surface area contributed by atoms with Gasteiger partial charge in [0.25, 0.3) is 5.91 Å². The van der Waals surface area contributed by atoms with Gasteiger partial charge in [-0.1, -0.05) is 58.0 Å². The molecule has 0 bridgehead atoms. The van der Waals surface area contributed by atoms with Crippen LogP contribution in [-0.4, -0.2) is 26.8 Å². The van der Waals surface area contributed by atoms with Crippen LogP contribution in [0.15, 0.2) is 24.3 Å². The van der Waals surface area contributed by atoms with E-state index in [9.17, 15) is 4.79 Å². The highest BCUT2D eigenvalue weighted by atomic mass is 35.6.